The fraction of sp³-hybridized carbons (Fsp3) is 0.179. The predicted octanol–water partition coefficient (Wildman–Crippen LogP) is 2.78. The summed E-state index contributed by atoms with van der Waals surface area (Å²) in [5.74, 6) is -1.06. The number of hydrogen-bond acceptors (Lipinski definition) is 10. The summed E-state index contributed by atoms with van der Waals surface area (Å²) < 4.78 is 40.4. The number of aromatic nitrogens is 5. The highest BCUT2D eigenvalue weighted by atomic mass is 19.1. The maximum atomic E-state index is 14.4. The number of halogens is 2. The molecule has 1 amide bonds. The number of hydrogen-bond donors (Lipinski definition) is 3. The molecule has 0 fully saturated rings. The molecule has 5 rings (SSSR count). The highest BCUT2D eigenvalue weighted by Crippen LogP contribution is 2.33. The van der Waals surface area contributed by atoms with Gasteiger partial charge in [-0.05, 0) is 17.7 Å². The van der Waals surface area contributed by atoms with Crippen LogP contribution in [-0.4, -0.2) is 52.2 Å². The summed E-state index contributed by atoms with van der Waals surface area (Å²) in [4.78, 5) is 32.1. The molecule has 6 N–H and O–H groups in total. The van der Waals surface area contributed by atoms with Gasteiger partial charge in [0.1, 0.15) is 28.6 Å². The monoisotopic (exact) mass is 592 g/mol. The van der Waals surface area contributed by atoms with Crippen molar-refractivity contribution in [3.05, 3.63) is 83.2 Å². The molecule has 2 aromatic carbocycles. The van der Waals surface area contributed by atoms with Gasteiger partial charge in [-0.15, -0.1) is 0 Å². The van der Waals surface area contributed by atoms with Gasteiger partial charge in [-0.3, -0.25) is 4.90 Å². The van der Waals surface area contributed by atoms with Crippen LogP contribution in [0.2, 0.25) is 0 Å². The Labute approximate surface area is 244 Å². The Morgan fingerprint density at radius 3 is 2.44 bits per heavy atom. The lowest BCUT2D eigenvalue weighted by Gasteiger charge is -2.24. The summed E-state index contributed by atoms with van der Waals surface area (Å²) in [6.45, 7) is -0.0784. The molecule has 5 aromatic rings. The molecule has 15 heteroatoms. The molecule has 0 aliphatic carbocycles. The highest BCUT2D eigenvalue weighted by Gasteiger charge is 2.27. The molecule has 0 saturated carbocycles. The Balaban J connectivity index is 1.59. The fourth-order valence-corrected chi connectivity index (χ4v) is 4.62. The Morgan fingerprint density at radius 2 is 1.77 bits per heavy atom. The maximum Gasteiger partial charge on any atom is 0.414 e. The van der Waals surface area contributed by atoms with Gasteiger partial charge in [0.2, 0.25) is 0 Å². The van der Waals surface area contributed by atoms with E-state index >= 15 is 0 Å². The average molecular weight is 593 g/mol. The van der Waals surface area contributed by atoms with E-state index in [9.17, 15) is 13.6 Å². The van der Waals surface area contributed by atoms with Crippen molar-refractivity contribution in [3.8, 4) is 11.7 Å². The van der Waals surface area contributed by atoms with E-state index in [0.717, 1.165) is 11.1 Å². The molecule has 0 bridgehead atoms. The maximum absolute atomic E-state index is 14.4. The van der Waals surface area contributed by atoms with Crippen LogP contribution in [0.4, 0.5) is 36.6 Å². The zero-order valence-electron chi connectivity index (χ0n) is 23.4. The Bertz CT molecular complexity index is 1790. The van der Waals surface area contributed by atoms with Crippen LogP contribution in [0.3, 0.4) is 0 Å². The molecule has 3 aromatic heterocycles. The SMILES string of the molecule is CO[NH2+]c1ccc(OC)c(CN(C(=O)OC)c2c(N)nc(-n3nc(Cc4ccccc4F)c4ncc(F)cc43)nc2N)c1. The number of carbonyl (C=O) groups excluding carboxylic acids is 1. The molecule has 0 aliphatic heterocycles. The van der Waals surface area contributed by atoms with Gasteiger partial charge >= 0.3 is 6.09 Å². The Kier molecular flexibility index (Phi) is 8.27. The summed E-state index contributed by atoms with van der Waals surface area (Å²) in [5, 5.41) is 4.51. The molecule has 0 atom stereocenters. The predicted molar refractivity (Wildman–Crippen MR) is 153 cm³/mol. The highest BCUT2D eigenvalue weighted by molar-refractivity contribution is 5.95. The number of rotatable bonds is 9. The number of anilines is 3. The lowest BCUT2D eigenvalue weighted by molar-refractivity contribution is -0.830. The summed E-state index contributed by atoms with van der Waals surface area (Å²) in [6.07, 6.45) is 0.310. The Hall–Kier alpha value is -5.41. The van der Waals surface area contributed by atoms with Crippen LogP contribution >= 0.6 is 0 Å². The molecule has 0 aliphatic rings. The van der Waals surface area contributed by atoms with Gasteiger partial charge in [0.15, 0.2) is 17.3 Å². The van der Waals surface area contributed by atoms with E-state index in [1.54, 1.807) is 36.4 Å². The number of methoxy groups -OCH3 is 2. The number of ether oxygens (including phenoxy) is 2. The smallest absolute Gasteiger partial charge is 0.414 e. The van der Waals surface area contributed by atoms with Crippen LogP contribution in [0.1, 0.15) is 16.8 Å². The van der Waals surface area contributed by atoms with Crippen molar-refractivity contribution in [2.75, 3.05) is 37.7 Å². The number of benzene rings is 2. The second-order valence-corrected chi connectivity index (χ2v) is 9.27. The zero-order valence-corrected chi connectivity index (χ0v) is 23.4. The molecule has 43 heavy (non-hydrogen) atoms. The van der Waals surface area contributed by atoms with Gasteiger partial charge in [0.25, 0.3) is 5.95 Å². The van der Waals surface area contributed by atoms with Crippen LogP contribution in [-0.2, 0) is 22.5 Å². The summed E-state index contributed by atoms with van der Waals surface area (Å²) in [5.41, 5.74) is 16.8. The third-order valence-electron chi connectivity index (χ3n) is 6.54. The van der Waals surface area contributed by atoms with Gasteiger partial charge in [-0.2, -0.15) is 25.2 Å². The molecule has 0 unspecified atom stereocenters. The van der Waals surface area contributed by atoms with Crippen LogP contribution in [0.25, 0.3) is 17.0 Å². The van der Waals surface area contributed by atoms with Crippen molar-refractivity contribution >= 4 is 40.1 Å². The normalized spacial score (nSPS) is 11.1. The van der Waals surface area contributed by atoms with Crippen molar-refractivity contribution in [1.29, 1.82) is 0 Å². The minimum absolute atomic E-state index is 0.0221. The quantitative estimate of drug-likeness (QED) is 0.171. The van der Waals surface area contributed by atoms with Crippen LogP contribution < -0.4 is 26.6 Å². The second-order valence-electron chi connectivity index (χ2n) is 9.27. The van der Waals surface area contributed by atoms with Crippen molar-refractivity contribution in [2.45, 2.75) is 13.0 Å². The van der Waals surface area contributed by atoms with Crippen LogP contribution in [0, 0.1) is 11.6 Å². The first-order chi connectivity index (χ1) is 20.7. The Morgan fingerprint density at radius 1 is 1.02 bits per heavy atom. The van der Waals surface area contributed by atoms with Crippen LogP contribution in [0.5, 0.6) is 5.75 Å². The number of quaternary nitrogens is 1. The molecule has 0 radical (unpaired) electrons. The van der Waals surface area contributed by atoms with Crippen molar-refractivity contribution in [2.24, 2.45) is 0 Å². The third kappa shape index (κ3) is 5.84. The molecule has 0 spiro atoms. The minimum Gasteiger partial charge on any atom is -0.496 e. The zero-order chi connectivity index (χ0) is 30.7. The van der Waals surface area contributed by atoms with Crippen molar-refractivity contribution < 1.29 is 33.4 Å². The molecule has 0 saturated heterocycles. The number of pyridine rings is 1. The van der Waals surface area contributed by atoms with E-state index in [4.69, 9.17) is 25.8 Å². The van der Waals surface area contributed by atoms with E-state index in [2.05, 4.69) is 20.1 Å². The summed E-state index contributed by atoms with van der Waals surface area (Å²) >= 11 is 0. The average Bonchev–Trinajstić information content (AvgIpc) is 3.34. The van der Waals surface area contributed by atoms with E-state index < -0.39 is 17.7 Å². The minimum atomic E-state index is -0.791. The number of fused-ring (bicyclic) bond motifs is 1. The van der Waals surface area contributed by atoms with E-state index in [0.29, 0.717) is 33.8 Å². The number of carbonyl (C=O) groups is 1. The van der Waals surface area contributed by atoms with E-state index in [-0.39, 0.29) is 41.8 Å². The van der Waals surface area contributed by atoms with Gasteiger partial charge in [0, 0.05) is 30.2 Å². The van der Waals surface area contributed by atoms with Crippen molar-refractivity contribution in [3.63, 3.8) is 0 Å². The fourth-order valence-electron chi connectivity index (χ4n) is 4.62. The molecule has 3 heterocycles. The molecular weight excluding hydrogens is 564 g/mol. The first kappa shape index (κ1) is 29.1. The number of nitrogens with two attached hydrogens (primary N) is 3. The molecular formula is C28H28F2N9O4+. The van der Waals surface area contributed by atoms with Crippen molar-refractivity contribution in [1.82, 2.24) is 24.7 Å². The first-order valence-corrected chi connectivity index (χ1v) is 12.8. The summed E-state index contributed by atoms with van der Waals surface area (Å²) in [6, 6.07) is 12.7. The van der Waals surface area contributed by atoms with Gasteiger partial charge in [0.05, 0.1) is 45.3 Å². The third-order valence-corrected chi connectivity index (χ3v) is 6.54. The van der Waals surface area contributed by atoms with Crippen LogP contribution in [0.15, 0.2) is 54.7 Å². The van der Waals surface area contributed by atoms with Gasteiger partial charge < -0.3 is 20.9 Å². The molecule has 222 valence electrons. The second kappa shape index (κ2) is 12.2. The van der Waals surface area contributed by atoms with Gasteiger partial charge in [-0.1, -0.05) is 18.2 Å². The number of nitrogen functional groups attached to an aromatic ring is 2. The number of amides is 1. The largest absolute Gasteiger partial charge is 0.496 e. The molecule has 13 nitrogen and oxygen atoms in total. The topological polar surface area (TPSA) is 173 Å². The summed E-state index contributed by atoms with van der Waals surface area (Å²) in [7, 11) is 4.22. The lowest BCUT2D eigenvalue weighted by Crippen LogP contribution is -2.75. The van der Waals surface area contributed by atoms with Gasteiger partial charge in [-0.25, -0.2) is 23.4 Å². The number of nitrogens with zero attached hydrogens (tertiary/aromatic N) is 6. The standard InChI is InChI=1S/C28H27F2N9O4/c1-41-22-9-8-18(37-43-3)10-16(22)14-38(28(40)42-2)24-25(31)34-27(35-26(24)32)39-21-12-17(29)13-33-23(21)20(36-39)11-15-6-4-5-7-19(15)30/h4-10,12-13,37H,11,14H2,1-3H3,(H4,31,32,34,35)/p+1. The first-order valence-electron chi connectivity index (χ1n) is 12.8. The van der Waals surface area contributed by atoms with E-state index in [1.165, 1.54) is 43.6 Å². The van der Waals surface area contributed by atoms with E-state index in [1.807, 2.05) is 0 Å². The lowest BCUT2D eigenvalue weighted by atomic mass is 10.1.